The van der Waals surface area contributed by atoms with E-state index in [-0.39, 0.29) is 17.5 Å². The summed E-state index contributed by atoms with van der Waals surface area (Å²) in [7, 11) is 0. The molecule has 4 aliphatic rings. The van der Waals surface area contributed by atoms with Gasteiger partial charge in [-0.1, -0.05) is 296 Å². The van der Waals surface area contributed by atoms with Crippen LogP contribution in [0, 0.1) is 0 Å². The van der Waals surface area contributed by atoms with Crippen LogP contribution < -0.4 is 30.9 Å². The Labute approximate surface area is 609 Å². The lowest BCUT2D eigenvalue weighted by Crippen LogP contribution is -2.61. The number of anilines is 6. The summed E-state index contributed by atoms with van der Waals surface area (Å²) in [5.74, 6) is 1.74. The summed E-state index contributed by atoms with van der Waals surface area (Å²) in [5.41, 5.74) is 34.0. The van der Waals surface area contributed by atoms with Crippen LogP contribution in [-0.2, 0) is 16.2 Å². The van der Waals surface area contributed by atoms with Crippen molar-refractivity contribution in [2.24, 2.45) is 0 Å². The SMILES string of the molecule is CC(C)(C)c1cc(-c2ccc3c(c2)N(c2cc(-c4ccccc4)cc(-c4ccccc4)c2)c2cc(-n4c5ccccc5c5ccccc54)cc4c2B3c2cc3c(cc2N4c2cc(-c4ccccc4)cc(-c4ccccc4)c2)-c2ccccc2C32c3ccccc3Oc3ccccc32)cc(C(C)(C)C)c1. The molecule has 1 aliphatic carbocycles. The Hall–Kier alpha value is -12.4. The molecule has 3 aliphatic heterocycles. The highest BCUT2D eigenvalue weighted by Crippen LogP contribution is 2.63. The van der Waals surface area contributed by atoms with Gasteiger partial charge in [0.2, 0.25) is 0 Å². The minimum atomic E-state index is -0.740. The Balaban J connectivity index is 0.973. The van der Waals surface area contributed by atoms with Gasteiger partial charge in [-0.15, -0.1) is 0 Å². The van der Waals surface area contributed by atoms with Crippen LogP contribution in [0.5, 0.6) is 11.5 Å². The topological polar surface area (TPSA) is 20.6 Å². The zero-order valence-electron chi connectivity index (χ0n) is 59.2. The average Bonchev–Trinajstić information content (AvgIpc) is 1.37. The van der Waals surface area contributed by atoms with E-state index in [2.05, 4.69) is 396 Å². The largest absolute Gasteiger partial charge is 0.457 e. The van der Waals surface area contributed by atoms with Crippen LogP contribution in [0.4, 0.5) is 34.1 Å². The van der Waals surface area contributed by atoms with Crippen molar-refractivity contribution in [3.8, 4) is 83.9 Å². The number of benzene rings is 15. The predicted molar refractivity (Wildman–Crippen MR) is 437 cm³/mol. The Bertz CT molecular complexity index is 5930. The first-order chi connectivity index (χ1) is 50.8. The first-order valence-corrected chi connectivity index (χ1v) is 36.6. The maximum Gasteiger partial charge on any atom is 0.252 e. The van der Waals surface area contributed by atoms with Gasteiger partial charge in [0.15, 0.2) is 0 Å². The number of hydrogen-bond acceptors (Lipinski definition) is 3. The van der Waals surface area contributed by atoms with Crippen molar-refractivity contribution in [1.29, 1.82) is 0 Å². The lowest BCUT2D eigenvalue weighted by Gasteiger charge is -2.45. The van der Waals surface area contributed by atoms with E-state index in [9.17, 15) is 0 Å². The molecule has 0 saturated carbocycles. The molecule has 16 aromatic rings. The molecule has 0 unspecified atom stereocenters. The highest BCUT2D eigenvalue weighted by atomic mass is 16.5. The summed E-state index contributed by atoms with van der Waals surface area (Å²) in [6, 6.07) is 128. The number of para-hydroxylation sites is 4. The second-order valence-electron chi connectivity index (χ2n) is 30.8. The Morgan fingerprint density at radius 3 is 1.17 bits per heavy atom. The maximum atomic E-state index is 7.04. The molecule has 0 fully saturated rings. The van der Waals surface area contributed by atoms with Crippen molar-refractivity contribution in [2.45, 2.75) is 57.8 Å². The van der Waals surface area contributed by atoms with Gasteiger partial charge in [-0.25, -0.2) is 0 Å². The van der Waals surface area contributed by atoms with Crippen molar-refractivity contribution in [3.05, 3.63) is 373 Å². The van der Waals surface area contributed by atoms with Crippen LogP contribution in [0.2, 0.25) is 0 Å². The van der Waals surface area contributed by atoms with Gasteiger partial charge in [-0.2, -0.15) is 0 Å². The van der Waals surface area contributed by atoms with Crippen LogP contribution in [0.1, 0.15) is 74.9 Å². The van der Waals surface area contributed by atoms with Gasteiger partial charge in [-0.05, 0) is 201 Å². The zero-order valence-corrected chi connectivity index (χ0v) is 59.2. The minimum absolute atomic E-state index is 0.108. The smallest absolute Gasteiger partial charge is 0.252 e. The minimum Gasteiger partial charge on any atom is -0.457 e. The summed E-state index contributed by atoms with van der Waals surface area (Å²) in [6.07, 6.45) is 0. The summed E-state index contributed by atoms with van der Waals surface area (Å²) in [5, 5.41) is 2.41. The molecule has 0 atom stereocenters. The number of fused-ring (bicyclic) bond motifs is 16. The fourth-order valence-electron chi connectivity index (χ4n) is 17.7. The molecule has 15 aromatic carbocycles. The van der Waals surface area contributed by atoms with Crippen LogP contribution in [0.15, 0.2) is 340 Å². The third-order valence-electron chi connectivity index (χ3n) is 22.6. The highest BCUT2D eigenvalue weighted by molar-refractivity contribution is 7.00. The first kappa shape index (κ1) is 61.4. The van der Waals surface area contributed by atoms with Crippen LogP contribution in [0.25, 0.3) is 94.3 Å². The fourth-order valence-corrected chi connectivity index (χ4v) is 17.7. The second kappa shape index (κ2) is 23.3. The summed E-state index contributed by atoms with van der Waals surface area (Å²) in [4.78, 5) is 5.33. The Morgan fingerprint density at radius 1 is 0.279 bits per heavy atom. The standard InChI is InChI=1S/C99H74BN3O/c1-97(2,3)73-51-72(52-74(58-73)98(4,5)6)67-47-48-86-90(57-67)102(75-53-68(63-29-11-7-12-30-63)49-69(54-75)64-31-13-8-14-32-64)92-59-77(101-88-43-25-20-38-79(88)80-39-21-26-44-89(80)101)60-93-96(92)100(86)87-62-85-81(78-37-19-22-40-82(78)99(85)83-41-23-27-45-94(83)104-95-46-28-24-42-84(95)99)61-91(87)103(93)76-55-70(65-33-15-9-16-34-65)50-71(56-76)66-35-17-10-18-36-66/h7-62H,1-6H3. The molecule has 104 heavy (non-hydrogen) atoms. The number of aromatic nitrogens is 1. The van der Waals surface area contributed by atoms with Gasteiger partial charge in [0.05, 0.1) is 22.1 Å². The maximum absolute atomic E-state index is 7.04. The van der Waals surface area contributed by atoms with Gasteiger partial charge in [0, 0.05) is 56.0 Å². The molecule has 0 saturated heterocycles. The highest BCUT2D eigenvalue weighted by Gasteiger charge is 2.53. The van der Waals surface area contributed by atoms with E-state index in [1.165, 1.54) is 66.1 Å². The van der Waals surface area contributed by atoms with Crippen molar-refractivity contribution >= 4 is 79.0 Å². The molecule has 5 heteroatoms. The van der Waals surface area contributed by atoms with Crippen molar-refractivity contribution in [2.75, 3.05) is 9.80 Å². The quantitative estimate of drug-likeness (QED) is 0.141. The molecule has 0 N–H and O–H groups in total. The molecular formula is C99H74BN3O. The zero-order chi connectivity index (χ0) is 69.7. The number of ether oxygens (including phenoxy) is 1. The molecule has 4 heterocycles. The molecule has 20 rings (SSSR count). The molecule has 1 aromatic heterocycles. The molecule has 494 valence electrons. The van der Waals surface area contributed by atoms with Crippen molar-refractivity contribution < 1.29 is 4.74 Å². The van der Waals surface area contributed by atoms with Gasteiger partial charge in [0.25, 0.3) is 6.71 Å². The van der Waals surface area contributed by atoms with Crippen molar-refractivity contribution in [1.82, 2.24) is 4.57 Å². The third kappa shape index (κ3) is 9.53. The van der Waals surface area contributed by atoms with E-state index in [1.807, 2.05) is 0 Å². The lowest BCUT2D eigenvalue weighted by atomic mass is 9.33. The van der Waals surface area contributed by atoms with E-state index < -0.39 is 5.41 Å². The summed E-state index contributed by atoms with van der Waals surface area (Å²) < 4.78 is 9.58. The third-order valence-corrected chi connectivity index (χ3v) is 22.6. The number of hydrogen-bond donors (Lipinski definition) is 0. The molecule has 0 amide bonds. The van der Waals surface area contributed by atoms with Crippen LogP contribution in [-0.4, -0.2) is 11.3 Å². The van der Waals surface area contributed by atoms with E-state index in [0.29, 0.717) is 0 Å². The molecule has 0 radical (unpaired) electrons. The fraction of sp³-hybridized carbons (Fsp3) is 0.0909. The number of rotatable bonds is 8. The van der Waals surface area contributed by atoms with E-state index >= 15 is 0 Å². The second-order valence-corrected chi connectivity index (χ2v) is 30.8. The number of nitrogens with zero attached hydrogens (tertiary/aromatic N) is 3. The average molecular weight is 1330 g/mol. The van der Waals surface area contributed by atoms with Gasteiger partial charge in [0.1, 0.15) is 11.5 Å². The molecular weight excluding hydrogens is 1260 g/mol. The van der Waals surface area contributed by atoms with Crippen LogP contribution >= 0.6 is 0 Å². The van der Waals surface area contributed by atoms with Crippen molar-refractivity contribution in [3.63, 3.8) is 0 Å². The lowest BCUT2D eigenvalue weighted by molar-refractivity contribution is 0.436. The van der Waals surface area contributed by atoms with Gasteiger partial charge >= 0.3 is 0 Å². The summed E-state index contributed by atoms with van der Waals surface area (Å²) >= 11 is 0. The van der Waals surface area contributed by atoms with Crippen LogP contribution in [0.3, 0.4) is 0 Å². The van der Waals surface area contributed by atoms with E-state index in [0.717, 1.165) is 124 Å². The Kier molecular flexibility index (Phi) is 13.8. The van der Waals surface area contributed by atoms with E-state index in [4.69, 9.17) is 4.74 Å². The molecule has 1 spiro atoms. The van der Waals surface area contributed by atoms with Gasteiger partial charge in [-0.3, -0.25) is 0 Å². The first-order valence-electron chi connectivity index (χ1n) is 36.6. The van der Waals surface area contributed by atoms with E-state index in [1.54, 1.807) is 0 Å². The molecule has 4 nitrogen and oxygen atoms in total. The van der Waals surface area contributed by atoms with Gasteiger partial charge < -0.3 is 19.1 Å². The molecule has 0 bridgehead atoms. The normalized spacial score (nSPS) is 13.6. The monoisotopic (exact) mass is 1330 g/mol. The summed E-state index contributed by atoms with van der Waals surface area (Å²) in [6.45, 7) is 13.8. The predicted octanol–water partition coefficient (Wildman–Crippen LogP) is 24.3. The Morgan fingerprint density at radius 2 is 0.692 bits per heavy atom.